The minimum atomic E-state index is -3.59. The highest BCUT2D eigenvalue weighted by molar-refractivity contribution is 7.86. The van der Waals surface area contributed by atoms with Gasteiger partial charge in [-0.2, -0.15) is 16.8 Å². The smallest absolute Gasteiger partial charge is 0.264 e. The average molecular weight is 262 g/mol. The van der Waals surface area contributed by atoms with Gasteiger partial charge in [0.05, 0.1) is 31.8 Å². The Balaban J connectivity index is 3.72. The summed E-state index contributed by atoms with van der Waals surface area (Å²) in [7, 11) is -7.13. The van der Waals surface area contributed by atoms with Crippen LogP contribution in [-0.2, 0) is 28.6 Å². The molecule has 0 amide bonds. The van der Waals surface area contributed by atoms with E-state index in [9.17, 15) is 16.8 Å². The van der Waals surface area contributed by atoms with Crippen LogP contribution in [0.1, 0.15) is 6.42 Å². The van der Waals surface area contributed by atoms with Crippen molar-refractivity contribution in [2.75, 3.05) is 25.7 Å². The molecule has 0 heterocycles. The Hall–Kier alpha value is -0.220. The van der Waals surface area contributed by atoms with Crippen LogP contribution in [0.5, 0.6) is 0 Å². The summed E-state index contributed by atoms with van der Waals surface area (Å²) in [5, 5.41) is 9.15. The topological polar surface area (TPSA) is 107 Å². The third-order valence-corrected chi connectivity index (χ3v) is 2.38. The van der Waals surface area contributed by atoms with Gasteiger partial charge in [-0.3, -0.25) is 8.37 Å². The van der Waals surface area contributed by atoms with Crippen LogP contribution in [0.3, 0.4) is 0 Å². The third-order valence-electron chi connectivity index (χ3n) is 1.22. The second-order valence-electron chi connectivity index (χ2n) is 2.96. The maximum Gasteiger partial charge on any atom is 0.264 e. The molecule has 0 radical (unpaired) electrons. The van der Waals surface area contributed by atoms with Crippen molar-refractivity contribution in [3.8, 4) is 0 Å². The summed E-state index contributed by atoms with van der Waals surface area (Å²) < 4.78 is 50.6. The van der Waals surface area contributed by atoms with E-state index in [4.69, 9.17) is 5.11 Å². The molecule has 15 heavy (non-hydrogen) atoms. The lowest BCUT2D eigenvalue weighted by Gasteiger charge is -2.09. The zero-order valence-electron chi connectivity index (χ0n) is 8.41. The molecular weight excluding hydrogens is 248 g/mol. The molecule has 0 aliphatic carbocycles. The Kier molecular flexibility index (Phi) is 5.67. The van der Waals surface area contributed by atoms with Crippen molar-refractivity contribution in [3.05, 3.63) is 0 Å². The van der Waals surface area contributed by atoms with Crippen LogP contribution in [0.2, 0.25) is 0 Å². The van der Waals surface area contributed by atoms with Gasteiger partial charge < -0.3 is 5.11 Å². The Morgan fingerprint density at radius 1 is 1.07 bits per heavy atom. The highest BCUT2D eigenvalue weighted by atomic mass is 32.2. The first-order valence-corrected chi connectivity index (χ1v) is 7.60. The maximum absolute atomic E-state index is 10.5. The molecule has 0 saturated heterocycles. The minimum Gasteiger partial charge on any atom is -0.391 e. The molecule has 0 aliphatic heterocycles. The van der Waals surface area contributed by atoms with E-state index < -0.39 is 32.9 Å². The van der Waals surface area contributed by atoms with Crippen molar-refractivity contribution in [2.24, 2.45) is 0 Å². The molecule has 7 nitrogen and oxygen atoms in total. The maximum atomic E-state index is 10.5. The van der Waals surface area contributed by atoms with Crippen LogP contribution in [0.4, 0.5) is 0 Å². The van der Waals surface area contributed by atoms with Gasteiger partial charge in [0.15, 0.2) is 0 Å². The molecule has 92 valence electrons. The molecule has 0 aromatic rings. The lowest BCUT2D eigenvalue weighted by Crippen LogP contribution is -2.20. The fraction of sp³-hybridized carbons (Fsp3) is 1.00. The van der Waals surface area contributed by atoms with Crippen molar-refractivity contribution in [2.45, 2.75) is 12.5 Å². The predicted molar refractivity (Wildman–Crippen MR) is 52.2 cm³/mol. The van der Waals surface area contributed by atoms with E-state index in [1.807, 2.05) is 0 Å². The fourth-order valence-electron chi connectivity index (χ4n) is 0.621. The van der Waals surface area contributed by atoms with Gasteiger partial charge in [-0.1, -0.05) is 0 Å². The van der Waals surface area contributed by atoms with Crippen molar-refractivity contribution in [1.82, 2.24) is 0 Å². The fourth-order valence-corrected chi connectivity index (χ4v) is 1.42. The van der Waals surface area contributed by atoms with Crippen LogP contribution in [0.15, 0.2) is 0 Å². The van der Waals surface area contributed by atoms with E-state index in [1.165, 1.54) is 0 Å². The molecule has 0 unspecified atom stereocenters. The molecule has 1 N–H and O–H groups in total. The number of hydrogen-bond donors (Lipinski definition) is 1. The summed E-state index contributed by atoms with van der Waals surface area (Å²) in [6.07, 6.45) is 0.628. The van der Waals surface area contributed by atoms with Crippen molar-refractivity contribution >= 4 is 20.2 Å². The Bertz CT molecular complexity index is 368. The zero-order chi connectivity index (χ0) is 12.1. The molecule has 9 heteroatoms. The van der Waals surface area contributed by atoms with Gasteiger partial charge in [0.1, 0.15) is 0 Å². The minimum absolute atomic E-state index is 0.0252. The molecular formula is C6H14O7S2. The number of hydrogen-bond acceptors (Lipinski definition) is 7. The molecule has 0 spiro atoms. The summed E-state index contributed by atoms with van der Waals surface area (Å²) >= 11 is 0. The zero-order valence-corrected chi connectivity index (χ0v) is 10.0. The van der Waals surface area contributed by atoms with Crippen LogP contribution < -0.4 is 0 Å². The van der Waals surface area contributed by atoms with Crippen LogP contribution in [-0.4, -0.2) is 53.8 Å². The predicted octanol–water partition coefficient (Wildman–Crippen LogP) is -1.31. The molecule has 0 aromatic carbocycles. The van der Waals surface area contributed by atoms with E-state index in [1.54, 1.807) is 0 Å². The number of rotatable bonds is 7. The largest absolute Gasteiger partial charge is 0.391 e. The molecule has 0 aromatic heterocycles. The molecule has 0 bridgehead atoms. The van der Waals surface area contributed by atoms with Gasteiger partial charge >= 0.3 is 0 Å². The van der Waals surface area contributed by atoms with Crippen LogP contribution in [0.25, 0.3) is 0 Å². The van der Waals surface area contributed by atoms with Gasteiger partial charge in [-0.25, -0.2) is 0 Å². The SMILES string of the molecule is CS(=O)(=O)OCC[C@H](O)COS(C)(=O)=O. The lowest BCUT2D eigenvalue weighted by atomic mass is 10.3. The highest BCUT2D eigenvalue weighted by Crippen LogP contribution is 1.98. The lowest BCUT2D eigenvalue weighted by molar-refractivity contribution is 0.0898. The monoisotopic (exact) mass is 262 g/mol. The van der Waals surface area contributed by atoms with Gasteiger partial charge in [-0.05, 0) is 0 Å². The number of aliphatic hydroxyl groups is 1. The Morgan fingerprint density at radius 2 is 1.53 bits per heavy atom. The molecule has 0 rings (SSSR count). The first-order chi connectivity index (χ1) is 6.60. The van der Waals surface area contributed by atoms with E-state index >= 15 is 0 Å². The van der Waals surface area contributed by atoms with Crippen LogP contribution >= 0.6 is 0 Å². The molecule has 0 saturated carbocycles. The van der Waals surface area contributed by atoms with E-state index in [2.05, 4.69) is 8.37 Å². The average Bonchev–Trinajstić information content (AvgIpc) is 1.97. The van der Waals surface area contributed by atoms with E-state index in [0.717, 1.165) is 12.5 Å². The highest BCUT2D eigenvalue weighted by Gasteiger charge is 2.10. The van der Waals surface area contributed by atoms with E-state index in [-0.39, 0.29) is 13.0 Å². The standard InChI is InChI=1S/C6H14O7S2/c1-14(8,9)12-4-3-6(7)5-13-15(2,10)11/h6-7H,3-5H2,1-2H3/t6-/m0/s1. The van der Waals surface area contributed by atoms with Gasteiger partial charge in [0, 0.05) is 6.42 Å². The first-order valence-electron chi connectivity index (χ1n) is 3.97. The molecule has 0 aliphatic rings. The summed E-state index contributed by atoms with van der Waals surface area (Å²) in [4.78, 5) is 0. The molecule has 1 atom stereocenters. The Labute approximate surface area is 89.3 Å². The van der Waals surface area contributed by atoms with E-state index in [0.29, 0.717) is 0 Å². The summed E-state index contributed by atoms with van der Waals surface area (Å²) in [5.41, 5.74) is 0. The summed E-state index contributed by atoms with van der Waals surface area (Å²) in [6, 6.07) is 0. The molecule has 0 fully saturated rings. The number of aliphatic hydroxyl groups excluding tert-OH is 1. The Morgan fingerprint density at radius 3 is 1.93 bits per heavy atom. The normalized spacial score (nSPS) is 15.1. The van der Waals surface area contributed by atoms with Gasteiger partial charge in [-0.15, -0.1) is 0 Å². The van der Waals surface area contributed by atoms with Crippen molar-refractivity contribution < 1.29 is 30.3 Å². The second-order valence-corrected chi connectivity index (χ2v) is 6.25. The van der Waals surface area contributed by atoms with Crippen LogP contribution in [0, 0.1) is 0 Å². The quantitative estimate of drug-likeness (QED) is 0.567. The van der Waals surface area contributed by atoms with Crippen molar-refractivity contribution in [3.63, 3.8) is 0 Å². The van der Waals surface area contributed by atoms with Crippen molar-refractivity contribution in [1.29, 1.82) is 0 Å². The van der Waals surface area contributed by atoms with Gasteiger partial charge in [0.25, 0.3) is 20.2 Å². The second kappa shape index (κ2) is 5.75. The third kappa shape index (κ3) is 11.7. The summed E-state index contributed by atoms with van der Waals surface area (Å²) in [5.74, 6) is 0. The summed E-state index contributed by atoms with van der Waals surface area (Å²) in [6.45, 7) is -0.626. The first kappa shape index (κ1) is 14.8. The van der Waals surface area contributed by atoms with Gasteiger partial charge in [0.2, 0.25) is 0 Å².